The molecule has 10 heteroatoms. The molecule has 1 saturated heterocycles. The van der Waals surface area contributed by atoms with Gasteiger partial charge >= 0.3 is 12.1 Å². The van der Waals surface area contributed by atoms with Crippen molar-refractivity contribution >= 4 is 24.0 Å². The van der Waals surface area contributed by atoms with Gasteiger partial charge in [0, 0.05) is 5.56 Å². The van der Waals surface area contributed by atoms with E-state index in [1.807, 2.05) is 5.32 Å². The van der Waals surface area contributed by atoms with Crippen LogP contribution in [0.4, 0.5) is 13.6 Å². The van der Waals surface area contributed by atoms with E-state index in [4.69, 9.17) is 15.6 Å². The zero-order valence-corrected chi connectivity index (χ0v) is 14.6. The third-order valence-corrected chi connectivity index (χ3v) is 3.93. The Labute approximate surface area is 162 Å². The number of hydrogen-bond acceptors (Lipinski definition) is 6. The number of halogens is 2. The van der Waals surface area contributed by atoms with E-state index in [1.165, 1.54) is 12.1 Å². The van der Waals surface area contributed by atoms with Crippen molar-refractivity contribution < 1.29 is 37.7 Å². The number of amides is 2. The number of carbonyl (C=O) groups excluding carboxylic acids is 2. The summed E-state index contributed by atoms with van der Waals surface area (Å²) in [5.41, 5.74) is 5.77. The van der Waals surface area contributed by atoms with Crippen molar-refractivity contribution in [2.75, 3.05) is 0 Å². The van der Waals surface area contributed by atoms with Gasteiger partial charge in [-0.3, -0.25) is 14.9 Å². The fourth-order valence-corrected chi connectivity index (χ4v) is 2.46. The lowest BCUT2D eigenvalue weighted by Crippen LogP contribution is -2.32. The van der Waals surface area contributed by atoms with Crippen LogP contribution in [0.3, 0.4) is 0 Å². The molecule has 4 N–H and O–H groups in total. The van der Waals surface area contributed by atoms with E-state index in [0.29, 0.717) is 5.56 Å². The van der Waals surface area contributed by atoms with Gasteiger partial charge in [0.25, 0.3) is 5.91 Å². The fourth-order valence-electron chi connectivity index (χ4n) is 2.46. The Morgan fingerprint density at radius 2 is 1.86 bits per heavy atom. The van der Waals surface area contributed by atoms with Crippen LogP contribution in [-0.4, -0.2) is 29.1 Å². The number of benzene rings is 2. The van der Waals surface area contributed by atoms with Gasteiger partial charge in [-0.25, -0.2) is 9.18 Å². The predicted octanol–water partition coefficient (Wildman–Crippen LogP) is 2.32. The topological polar surface area (TPSA) is 128 Å². The summed E-state index contributed by atoms with van der Waals surface area (Å²) in [6.07, 6.45) is -0.0157. The molecule has 0 bridgehead atoms. The molecule has 1 fully saturated rings. The zero-order valence-electron chi connectivity index (χ0n) is 14.6. The molecule has 0 aliphatic carbocycles. The smallest absolute Gasteiger partial charge is 0.419 e. The van der Waals surface area contributed by atoms with Crippen LogP contribution in [-0.2, 0) is 20.7 Å². The Morgan fingerprint density at radius 1 is 1.17 bits per heavy atom. The number of carboxylic acids is 1. The van der Waals surface area contributed by atoms with Gasteiger partial charge in [0.15, 0.2) is 17.3 Å². The highest BCUT2D eigenvalue weighted by atomic mass is 19.2. The van der Waals surface area contributed by atoms with Crippen LogP contribution in [0.5, 0.6) is 11.5 Å². The molecule has 0 radical (unpaired) electrons. The molecule has 1 heterocycles. The van der Waals surface area contributed by atoms with Crippen LogP contribution < -0.4 is 15.8 Å². The molecule has 1 unspecified atom stereocenters. The molecular formula is C19H14F2N2O6. The quantitative estimate of drug-likeness (QED) is 0.631. The molecule has 1 aliphatic heterocycles. The van der Waals surface area contributed by atoms with Crippen LogP contribution in [0.2, 0.25) is 0 Å². The molecule has 2 aromatic rings. The predicted molar refractivity (Wildman–Crippen MR) is 94.8 cm³/mol. The number of carbonyl (C=O) groups is 3. The minimum atomic E-state index is -1.30. The third kappa shape index (κ3) is 4.55. The van der Waals surface area contributed by atoms with E-state index in [9.17, 15) is 23.2 Å². The lowest BCUT2D eigenvalue weighted by molar-refractivity contribution is -0.138. The van der Waals surface area contributed by atoms with Crippen molar-refractivity contribution in [1.29, 1.82) is 0 Å². The minimum absolute atomic E-state index is 0.0973. The summed E-state index contributed by atoms with van der Waals surface area (Å²) in [4.78, 5) is 33.2. The van der Waals surface area contributed by atoms with Crippen LogP contribution in [0.15, 0.2) is 42.2 Å². The van der Waals surface area contributed by atoms with Gasteiger partial charge in [-0.05, 0) is 42.3 Å². The number of cyclic esters (lactones) is 1. The van der Waals surface area contributed by atoms with Crippen molar-refractivity contribution in [3.8, 4) is 11.5 Å². The van der Waals surface area contributed by atoms with Crippen LogP contribution in [0.1, 0.15) is 11.1 Å². The summed E-state index contributed by atoms with van der Waals surface area (Å²) < 4.78 is 38.5. The zero-order chi connectivity index (χ0) is 21.1. The molecule has 1 aliphatic rings. The van der Waals surface area contributed by atoms with Crippen molar-refractivity contribution in [2.24, 2.45) is 5.73 Å². The van der Waals surface area contributed by atoms with E-state index in [1.54, 1.807) is 12.1 Å². The number of aliphatic carboxylic acids is 1. The first-order chi connectivity index (χ1) is 13.7. The van der Waals surface area contributed by atoms with E-state index in [-0.39, 0.29) is 17.7 Å². The second-order valence-corrected chi connectivity index (χ2v) is 6.03. The van der Waals surface area contributed by atoms with Crippen molar-refractivity contribution in [1.82, 2.24) is 5.32 Å². The van der Waals surface area contributed by atoms with E-state index < -0.39 is 47.2 Å². The summed E-state index contributed by atoms with van der Waals surface area (Å²) in [6.45, 7) is 0. The monoisotopic (exact) mass is 404 g/mol. The summed E-state index contributed by atoms with van der Waals surface area (Å²) in [5, 5.41) is 10.6. The van der Waals surface area contributed by atoms with Gasteiger partial charge in [-0.2, -0.15) is 4.39 Å². The maximum Gasteiger partial charge on any atom is 0.419 e. The van der Waals surface area contributed by atoms with Crippen molar-refractivity contribution in [3.05, 3.63) is 64.9 Å². The van der Waals surface area contributed by atoms with Gasteiger partial charge in [0.1, 0.15) is 11.8 Å². The number of alkyl carbamates (subject to hydrolysis) is 1. The Bertz CT molecular complexity index is 1020. The molecule has 1 atom stereocenters. The van der Waals surface area contributed by atoms with Gasteiger partial charge in [-0.1, -0.05) is 12.1 Å². The van der Waals surface area contributed by atoms with E-state index >= 15 is 0 Å². The van der Waals surface area contributed by atoms with E-state index in [0.717, 1.165) is 18.2 Å². The average Bonchev–Trinajstić information content (AvgIpc) is 2.99. The third-order valence-electron chi connectivity index (χ3n) is 3.93. The van der Waals surface area contributed by atoms with Crippen LogP contribution in [0, 0.1) is 11.6 Å². The second kappa shape index (κ2) is 8.07. The molecule has 2 amide bonds. The summed E-state index contributed by atoms with van der Waals surface area (Å²) in [5.74, 6) is -5.28. The number of ether oxygens (including phenoxy) is 2. The molecule has 8 nitrogen and oxygen atoms in total. The number of imide groups is 1. The van der Waals surface area contributed by atoms with Crippen molar-refractivity contribution in [3.63, 3.8) is 0 Å². The molecular weight excluding hydrogens is 390 g/mol. The normalized spacial score (nSPS) is 15.8. The van der Waals surface area contributed by atoms with Gasteiger partial charge in [-0.15, -0.1) is 0 Å². The number of nitrogens with two attached hydrogens (primary N) is 1. The first kappa shape index (κ1) is 20.0. The molecule has 0 saturated carbocycles. The maximum absolute atomic E-state index is 14.3. The van der Waals surface area contributed by atoms with Gasteiger partial charge in [0.05, 0.1) is 0 Å². The highest BCUT2D eigenvalue weighted by Gasteiger charge is 2.27. The van der Waals surface area contributed by atoms with Gasteiger partial charge in [0.2, 0.25) is 5.82 Å². The first-order valence-electron chi connectivity index (χ1n) is 8.22. The largest absolute Gasteiger partial charge is 0.480 e. The fraction of sp³-hybridized carbons (Fsp3) is 0.105. The highest BCUT2D eigenvalue weighted by Crippen LogP contribution is 2.29. The molecule has 2 aromatic carbocycles. The molecule has 0 spiro atoms. The molecule has 3 rings (SSSR count). The Kier molecular flexibility index (Phi) is 5.55. The molecule has 0 aromatic heterocycles. The SMILES string of the molecule is NC(Cc1ccc(Oc2ccc(/C=C3/OC(=O)NC3=O)c(F)c2F)cc1)C(=O)O. The minimum Gasteiger partial charge on any atom is -0.480 e. The number of hydrogen-bond donors (Lipinski definition) is 3. The summed E-state index contributed by atoms with van der Waals surface area (Å²) >= 11 is 0. The maximum atomic E-state index is 14.3. The summed E-state index contributed by atoms with van der Waals surface area (Å²) in [6, 6.07) is 7.26. The Morgan fingerprint density at radius 3 is 2.45 bits per heavy atom. The lowest BCUT2D eigenvalue weighted by Gasteiger charge is -2.10. The number of nitrogens with one attached hydrogen (secondary N) is 1. The standard InChI is InChI=1S/C19H14F2N2O6/c20-15-10(8-14-17(24)23-19(27)29-14)3-6-13(16(15)21)28-11-4-1-9(2-5-11)7-12(22)18(25)26/h1-6,8,12H,7,22H2,(H,25,26)(H,23,24,27)/b14-8+. The lowest BCUT2D eigenvalue weighted by atomic mass is 10.1. The number of carboxylic acid groups (broad SMARTS) is 1. The Balaban J connectivity index is 1.76. The summed E-state index contributed by atoms with van der Waals surface area (Å²) in [7, 11) is 0. The van der Waals surface area contributed by atoms with Crippen LogP contribution in [0.25, 0.3) is 6.08 Å². The Hall–Kier alpha value is -3.79. The average molecular weight is 404 g/mol. The molecule has 150 valence electrons. The van der Waals surface area contributed by atoms with Crippen molar-refractivity contribution in [2.45, 2.75) is 12.5 Å². The van der Waals surface area contributed by atoms with Crippen LogP contribution >= 0.6 is 0 Å². The number of rotatable bonds is 6. The van der Waals surface area contributed by atoms with E-state index in [2.05, 4.69) is 4.74 Å². The first-order valence-corrected chi connectivity index (χ1v) is 8.22. The second-order valence-electron chi connectivity index (χ2n) is 6.03. The van der Waals surface area contributed by atoms with Gasteiger partial charge < -0.3 is 20.3 Å². The highest BCUT2D eigenvalue weighted by molar-refractivity contribution is 6.09. The molecule has 29 heavy (non-hydrogen) atoms.